The summed E-state index contributed by atoms with van der Waals surface area (Å²) in [6.45, 7) is 0.517. The van der Waals surface area contributed by atoms with Crippen molar-refractivity contribution < 1.29 is 14.1 Å². The number of non-ortho nitro benzene ring substituents is 1. The van der Waals surface area contributed by atoms with E-state index in [0.29, 0.717) is 32.9 Å². The molecule has 30 heavy (non-hydrogen) atoms. The van der Waals surface area contributed by atoms with Gasteiger partial charge in [0, 0.05) is 30.3 Å². The molecule has 2 heterocycles. The molecule has 2 aromatic carbocycles. The van der Waals surface area contributed by atoms with E-state index in [1.54, 1.807) is 35.2 Å². The zero-order chi connectivity index (χ0) is 21.1. The number of benzene rings is 2. The van der Waals surface area contributed by atoms with Gasteiger partial charge in [-0.3, -0.25) is 19.8 Å². The van der Waals surface area contributed by atoms with Crippen LogP contribution in [0.15, 0.2) is 76.1 Å². The Balaban J connectivity index is 1.49. The number of furan rings is 1. The molecule has 0 N–H and O–H groups in total. The van der Waals surface area contributed by atoms with Gasteiger partial charge in [-0.25, -0.2) is 0 Å². The molecule has 0 bridgehead atoms. The zero-order valence-electron chi connectivity index (χ0n) is 15.7. The Morgan fingerprint density at radius 1 is 1.10 bits per heavy atom. The fourth-order valence-electron chi connectivity index (χ4n) is 3.07. The summed E-state index contributed by atoms with van der Waals surface area (Å²) >= 11 is 6.62. The van der Waals surface area contributed by atoms with Crippen molar-refractivity contribution in [2.75, 3.05) is 6.54 Å². The molecule has 0 aliphatic carbocycles. The number of nitro benzene ring substituents is 1. The van der Waals surface area contributed by atoms with E-state index in [9.17, 15) is 14.9 Å². The Labute approximate surface area is 182 Å². The molecule has 1 aliphatic heterocycles. The van der Waals surface area contributed by atoms with Crippen LogP contribution in [-0.2, 0) is 11.2 Å². The number of carbonyl (C=O) groups is 1. The number of thioether (sulfide) groups is 1. The molecule has 1 saturated heterocycles. The van der Waals surface area contributed by atoms with Crippen molar-refractivity contribution in [2.45, 2.75) is 6.42 Å². The van der Waals surface area contributed by atoms with Crippen molar-refractivity contribution >= 4 is 46.0 Å². The van der Waals surface area contributed by atoms with Crippen LogP contribution in [0.4, 0.5) is 5.69 Å². The maximum Gasteiger partial charge on any atom is 0.270 e. The van der Waals surface area contributed by atoms with Crippen molar-refractivity contribution in [3.05, 3.63) is 93.1 Å². The van der Waals surface area contributed by atoms with Gasteiger partial charge < -0.3 is 4.42 Å². The van der Waals surface area contributed by atoms with Crippen LogP contribution in [0.3, 0.4) is 0 Å². The van der Waals surface area contributed by atoms with Crippen LogP contribution < -0.4 is 0 Å². The molecule has 1 fully saturated rings. The highest BCUT2D eigenvalue weighted by Crippen LogP contribution is 2.34. The molecule has 0 atom stereocenters. The molecular formula is C22H16N2O4S2. The molecule has 150 valence electrons. The summed E-state index contributed by atoms with van der Waals surface area (Å²) in [4.78, 5) is 25.4. The van der Waals surface area contributed by atoms with E-state index in [1.165, 1.54) is 23.9 Å². The Morgan fingerprint density at radius 2 is 1.90 bits per heavy atom. The number of thiocarbonyl (C=S) groups is 1. The average molecular weight is 437 g/mol. The number of nitrogens with zero attached hydrogens (tertiary/aromatic N) is 2. The molecule has 6 nitrogen and oxygen atoms in total. The van der Waals surface area contributed by atoms with Crippen LogP contribution in [0.2, 0.25) is 0 Å². The second-order valence-corrected chi connectivity index (χ2v) is 8.25. The normalized spacial score (nSPS) is 15.2. The van der Waals surface area contributed by atoms with Gasteiger partial charge in [-0.2, -0.15) is 0 Å². The van der Waals surface area contributed by atoms with Gasteiger partial charge in [0.25, 0.3) is 11.6 Å². The first-order valence-electron chi connectivity index (χ1n) is 9.15. The van der Waals surface area contributed by atoms with Crippen molar-refractivity contribution in [1.29, 1.82) is 0 Å². The first-order chi connectivity index (χ1) is 14.5. The van der Waals surface area contributed by atoms with Gasteiger partial charge >= 0.3 is 0 Å². The highest BCUT2D eigenvalue weighted by atomic mass is 32.2. The third-order valence-electron chi connectivity index (χ3n) is 4.58. The number of hydrogen-bond donors (Lipinski definition) is 0. The van der Waals surface area contributed by atoms with E-state index in [1.807, 2.05) is 30.3 Å². The summed E-state index contributed by atoms with van der Waals surface area (Å²) in [5, 5.41) is 11.0. The van der Waals surface area contributed by atoms with Crippen LogP contribution >= 0.6 is 24.0 Å². The van der Waals surface area contributed by atoms with E-state index >= 15 is 0 Å². The molecular weight excluding hydrogens is 420 g/mol. The lowest BCUT2D eigenvalue weighted by molar-refractivity contribution is -0.384. The largest absolute Gasteiger partial charge is 0.457 e. The number of hydrogen-bond acceptors (Lipinski definition) is 6. The summed E-state index contributed by atoms with van der Waals surface area (Å²) in [5.74, 6) is 0.832. The minimum absolute atomic E-state index is 0.00950. The summed E-state index contributed by atoms with van der Waals surface area (Å²) in [5.41, 5.74) is 1.73. The van der Waals surface area contributed by atoms with Crippen molar-refractivity contribution in [2.24, 2.45) is 0 Å². The van der Waals surface area contributed by atoms with Crippen LogP contribution in [-0.4, -0.2) is 26.6 Å². The Morgan fingerprint density at radius 3 is 2.67 bits per heavy atom. The highest BCUT2D eigenvalue weighted by molar-refractivity contribution is 8.26. The standard InChI is InChI=1S/C22H16N2O4S2/c25-21-20(30-22(29)23(21)12-11-15-5-2-1-3-6-15)14-18-9-10-19(28-18)16-7-4-8-17(13-16)24(26)27/h1-10,13-14H,11-12H2/b20-14+. The fourth-order valence-corrected chi connectivity index (χ4v) is 4.35. The summed E-state index contributed by atoms with van der Waals surface area (Å²) in [6, 6.07) is 19.6. The second-order valence-electron chi connectivity index (χ2n) is 6.58. The maximum absolute atomic E-state index is 12.8. The lowest BCUT2D eigenvalue weighted by Crippen LogP contribution is -2.30. The van der Waals surface area contributed by atoms with Gasteiger partial charge in [-0.1, -0.05) is 66.4 Å². The van der Waals surface area contributed by atoms with E-state index < -0.39 is 4.92 Å². The smallest absolute Gasteiger partial charge is 0.270 e. The Kier molecular flexibility index (Phi) is 5.78. The van der Waals surface area contributed by atoms with Gasteiger partial charge in [-0.15, -0.1) is 0 Å². The molecule has 0 radical (unpaired) electrons. The zero-order valence-corrected chi connectivity index (χ0v) is 17.3. The quantitative estimate of drug-likeness (QED) is 0.226. The SMILES string of the molecule is O=C1/C(=C\c2ccc(-c3cccc([N+](=O)[O-])c3)o2)SC(=S)N1CCc1ccccc1. The van der Waals surface area contributed by atoms with Gasteiger partial charge in [-0.05, 0) is 24.1 Å². The van der Waals surface area contributed by atoms with Gasteiger partial charge in [0.1, 0.15) is 15.8 Å². The second kappa shape index (κ2) is 8.64. The molecule has 4 rings (SSSR count). The van der Waals surface area contributed by atoms with Gasteiger partial charge in [0.05, 0.1) is 9.83 Å². The molecule has 1 amide bonds. The van der Waals surface area contributed by atoms with Gasteiger partial charge in [0.15, 0.2) is 0 Å². The third-order valence-corrected chi connectivity index (χ3v) is 5.96. The van der Waals surface area contributed by atoms with Crippen LogP contribution in [0, 0.1) is 10.1 Å². The van der Waals surface area contributed by atoms with Crippen LogP contribution in [0.25, 0.3) is 17.4 Å². The predicted molar refractivity (Wildman–Crippen MR) is 121 cm³/mol. The minimum atomic E-state index is -0.450. The van der Waals surface area contributed by atoms with Crippen LogP contribution in [0.5, 0.6) is 0 Å². The summed E-state index contributed by atoms with van der Waals surface area (Å²) < 4.78 is 6.31. The molecule has 3 aromatic rings. The summed E-state index contributed by atoms with van der Waals surface area (Å²) in [7, 11) is 0. The van der Waals surface area contributed by atoms with Crippen molar-refractivity contribution in [3.8, 4) is 11.3 Å². The van der Waals surface area contributed by atoms with Crippen molar-refractivity contribution in [1.82, 2.24) is 4.90 Å². The lowest BCUT2D eigenvalue weighted by atomic mass is 10.1. The van der Waals surface area contributed by atoms with E-state index in [0.717, 1.165) is 12.0 Å². The molecule has 0 spiro atoms. The van der Waals surface area contributed by atoms with E-state index in [4.69, 9.17) is 16.6 Å². The molecule has 0 unspecified atom stereocenters. The van der Waals surface area contributed by atoms with Gasteiger partial charge in [0.2, 0.25) is 0 Å². The lowest BCUT2D eigenvalue weighted by Gasteiger charge is -2.14. The summed E-state index contributed by atoms with van der Waals surface area (Å²) in [6.07, 6.45) is 2.38. The first-order valence-corrected chi connectivity index (χ1v) is 10.4. The predicted octanol–water partition coefficient (Wildman–Crippen LogP) is 5.30. The number of nitro groups is 1. The highest BCUT2D eigenvalue weighted by Gasteiger charge is 2.31. The molecule has 1 aliphatic rings. The molecule has 8 heteroatoms. The number of rotatable bonds is 6. The van der Waals surface area contributed by atoms with Crippen LogP contribution in [0.1, 0.15) is 11.3 Å². The van der Waals surface area contributed by atoms with E-state index in [2.05, 4.69) is 0 Å². The Hall–Kier alpha value is -3.23. The average Bonchev–Trinajstić information content (AvgIpc) is 3.32. The maximum atomic E-state index is 12.8. The fraction of sp³-hybridized carbons (Fsp3) is 0.0909. The third kappa shape index (κ3) is 4.34. The minimum Gasteiger partial charge on any atom is -0.457 e. The molecule has 0 saturated carbocycles. The Bertz CT molecular complexity index is 1150. The topological polar surface area (TPSA) is 76.6 Å². The number of amides is 1. The van der Waals surface area contributed by atoms with Crippen molar-refractivity contribution in [3.63, 3.8) is 0 Å². The number of carbonyl (C=O) groups excluding carboxylic acids is 1. The molecule has 1 aromatic heterocycles. The van der Waals surface area contributed by atoms with E-state index in [-0.39, 0.29) is 11.6 Å². The first kappa shape index (κ1) is 20.1. The monoisotopic (exact) mass is 436 g/mol.